The van der Waals surface area contributed by atoms with Crippen LogP contribution in [0.25, 0.3) is 0 Å². The Balaban J connectivity index is 2.88. The van der Waals surface area contributed by atoms with E-state index in [0.717, 1.165) is 0 Å². The normalized spacial score (nSPS) is 11.7. The first-order valence-electron chi connectivity index (χ1n) is 5.37. The molecule has 3 N–H and O–H groups in total. The fourth-order valence-electron chi connectivity index (χ4n) is 1.30. The molecule has 0 aliphatic carbocycles. The van der Waals surface area contributed by atoms with Crippen LogP contribution >= 0.6 is 0 Å². The summed E-state index contributed by atoms with van der Waals surface area (Å²) in [5.74, 6) is -1.59. The highest BCUT2D eigenvalue weighted by Gasteiger charge is 2.12. The molecule has 0 atom stereocenters. The van der Waals surface area contributed by atoms with Crippen LogP contribution < -0.4 is 5.32 Å². The Kier molecular flexibility index (Phi) is 4.62. The van der Waals surface area contributed by atoms with Crippen molar-refractivity contribution in [3.8, 4) is 0 Å². The second kappa shape index (κ2) is 5.97. The molecule has 96 valence electrons. The molecule has 5 nitrogen and oxygen atoms in total. The average Bonchev–Trinajstić information content (AvgIpc) is 2.36. The number of hydrogen-bond acceptors (Lipinski definition) is 3. The summed E-state index contributed by atoms with van der Waals surface area (Å²) >= 11 is 0. The molecule has 0 radical (unpaired) electrons. The fraction of sp³-hybridized carbons (Fsp3) is 0.231. The monoisotopic (exact) mass is 249 g/mol. The van der Waals surface area contributed by atoms with Crippen molar-refractivity contribution in [2.24, 2.45) is 0 Å². The van der Waals surface area contributed by atoms with Gasteiger partial charge in [0.25, 0.3) is 5.91 Å². The molecule has 1 rings (SSSR count). The summed E-state index contributed by atoms with van der Waals surface area (Å²) < 4.78 is 0. The maximum Gasteiger partial charge on any atom is 0.331 e. The Bertz CT molecular complexity index is 505. The van der Waals surface area contributed by atoms with Gasteiger partial charge in [0.2, 0.25) is 0 Å². The molecule has 5 heteroatoms. The Hall–Kier alpha value is -2.14. The number of aliphatic hydroxyl groups excluding tert-OH is 1. The standard InChI is InChI=1S/C13H15NO4/c1-8(9(2)13(17)18)12(16)14-11-5-3-4-10(6-11)7-15/h3-6,15H,7H2,1-2H3,(H,14,16)(H,17,18). The highest BCUT2D eigenvalue weighted by atomic mass is 16.4. The van der Waals surface area contributed by atoms with E-state index in [9.17, 15) is 9.59 Å². The van der Waals surface area contributed by atoms with Crippen LogP contribution in [0, 0.1) is 0 Å². The van der Waals surface area contributed by atoms with E-state index < -0.39 is 11.9 Å². The molecule has 0 aliphatic rings. The van der Waals surface area contributed by atoms with Gasteiger partial charge >= 0.3 is 5.97 Å². The maximum atomic E-state index is 11.8. The van der Waals surface area contributed by atoms with Crippen LogP contribution in [0.1, 0.15) is 19.4 Å². The number of carboxylic acid groups (broad SMARTS) is 1. The quantitative estimate of drug-likeness (QED) is 0.706. The summed E-state index contributed by atoms with van der Waals surface area (Å²) in [6.07, 6.45) is 0. The lowest BCUT2D eigenvalue weighted by molar-refractivity contribution is -0.133. The van der Waals surface area contributed by atoms with E-state index in [1.807, 2.05) is 0 Å². The van der Waals surface area contributed by atoms with Gasteiger partial charge in [0, 0.05) is 16.8 Å². The molecular weight excluding hydrogens is 234 g/mol. The summed E-state index contributed by atoms with van der Waals surface area (Å²) in [5, 5.41) is 20.3. The van der Waals surface area contributed by atoms with Crippen molar-refractivity contribution < 1.29 is 19.8 Å². The van der Waals surface area contributed by atoms with E-state index in [1.165, 1.54) is 13.8 Å². The predicted molar refractivity (Wildman–Crippen MR) is 67.0 cm³/mol. The van der Waals surface area contributed by atoms with Crippen molar-refractivity contribution >= 4 is 17.6 Å². The first-order valence-corrected chi connectivity index (χ1v) is 5.37. The lowest BCUT2D eigenvalue weighted by atomic mass is 10.1. The van der Waals surface area contributed by atoms with E-state index in [2.05, 4.69) is 5.32 Å². The van der Waals surface area contributed by atoms with Crippen LogP contribution in [0.3, 0.4) is 0 Å². The summed E-state index contributed by atoms with van der Waals surface area (Å²) in [4.78, 5) is 22.5. The SMILES string of the molecule is CC(C(=O)O)=C(C)C(=O)Nc1cccc(CO)c1. The minimum absolute atomic E-state index is 0.00538. The highest BCUT2D eigenvalue weighted by molar-refractivity contribution is 6.08. The van der Waals surface area contributed by atoms with Crippen molar-refractivity contribution in [1.29, 1.82) is 0 Å². The van der Waals surface area contributed by atoms with Crippen LogP contribution in [0.2, 0.25) is 0 Å². The topological polar surface area (TPSA) is 86.6 Å². The first kappa shape index (κ1) is 13.9. The van der Waals surface area contributed by atoms with Crippen LogP contribution in [-0.4, -0.2) is 22.1 Å². The number of aliphatic hydroxyl groups is 1. The van der Waals surface area contributed by atoms with Crippen molar-refractivity contribution in [2.75, 3.05) is 5.32 Å². The van der Waals surface area contributed by atoms with E-state index in [0.29, 0.717) is 11.3 Å². The van der Waals surface area contributed by atoms with Gasteiger partial charge in [-0.25, -0.2) is 4.79 Å². The highest BCUT2D eigenvalue weighted by Crippen LogP contribution is 2.13. The smallest absolute Gasteiger partial charge is 0.331 e. The molecule has 0 spiro atoms. The van der Waals surface area contributed by atoms with Gasteiger partial charge in [-0.2, -0.15) is 0 Å². The molecule has 18 heavy (non-hydrogen) atoms. The van der Waals surface area contributed by atoms with Gasteiger partial charge in [0.05, 0.1) is 6.61 Å². The molecule has 1 amide bonds. The van der Waals surface area contributed by atoms with Gasteiger partial charge in [0.15, 0.2) is 0 Å². The third kappa shape index (κ3) is 3.43. The van der Waals surface area contributed by atoms with Gasteiger partial charge in [-0.15, -0.1) is 0 Å². The number of benzene rings is 1. The number of amides is 1. The third-order valence-corrected chi connectivity index (χ3v) is 2.59. The molecule has 0 saturated heterocycles. The molecular formula is C13H15NO4. The molecule has 0 aliphatic heterocycles. The fourth-order valence-corrected chi connectivity index (χ4v) is 1.30. The van der Waals surface area contributed by atoms with Crippen LogP contribution in [-0.2, 0) is 16.2 Å². The summed E-state index contributed by atoms with van der Waals surface area (Å²) in [5.41, 5.74) is 1.34. The van der Waals surface area contributed by atoms with E-state index in [1.54, 1.807) is 24.3 Å². The van der Waals surface area contributed by atoms with Gasteiger partial charge in [-0.1, -0.05) is 12.1 Å². The van der Waals surface area contributed by atoms with Gasteiger partial charge < -0.3 is 15.5 Å². The van der Waals surface area contributed by atoms with Crippen molar-refractivity contribution in [2.45, 2.75) is 20.5 Å². The Morgan fingerprint density at radius 2 is 1.89 bits per heavy atom. The second-order valence-electron chi connectivity index (χ2n) is 3.87. The maximum absolute atomic E-state index is 11.8. The van der Waals surface area contributed by atoms with Gasteiger partial charge in [-0.3, -0.25) is 4.79 Å². The van der Waals surface area contributed by atoms with Gasteiger partial charge in [0.1, 0.15) is 0 Å². The predicted octanol–water partition coefficient (Wildman–Crippen LogP) is 1.54. The number of nitrogens with one attached hydrogen (secondary N) is 1. The van der Waals surface area contributed by atoms with Crippen molar-refractivity contribution in [1.82, 2.24) is 0 Å². The number of aliphatic carboxylic acids is 1. The molecule has 0 heterocycles. The summed E-state index contributed by atoms with van der Waals surface area (Å²) in [6, 6.07) is 6.72. The number of anilines is 1. The zero-order chi connectivity index (χ0) is 13.7. The lowest BCUT2D eigenvalue weighted by Crippen LogP contribution is -2.16. The molecule has 1 aromatic carbocycles. The number of carboxylic acids is 1. The van der Waals surface area contributed by atoms with Crippen LogP contribution in [0.5, 0.6) is 0 Å². The first-order chi connectivity index (χ1) is 8.45. The third-order valence-electron chi connectivity index (χ3n) is 2.59. The van der Waals surface area contributed by atoms with Gasteiger partial charge in [-0.05, 0) is 31.5 Å². The Labute approximate surface area is 105 Å². The molecule has 0 fully saturated rings. The zero-order valence-electron chi connectivity index (χ0n) is 10.2. The minimum Gasteiger partial charge on any atom is -0.478 e. The van der Waals surface area contributed by atoms with E-state index >= 15 is 0 Å². The van der Waals surface area contributed by atoms with Crippen LogP contribution in [0.15, 0.2) is 35.4 Å². The Morgan fingerprint density at radius 3 is 2.44 bits per heavy atom. The number of carbonyl (C=O) groups excluding carboxylic acids is 1. The molecule has 0 bridgehead atoms. The van der Waals surface area contributed by atoms with Crippen molar-refractivity contribution in [3.63, 3.8) is 0 Å². The number of carbonyl (C=O) groups is 2. The van der Waals surface area contributed by atoms with E-state index in [4.69, 9.17) is 10.2 Å². The molecule has 0 aromatic heterocycles. The average molecular weight is 249 g/mol. The lowest BCUT2D eigenvalue weighted by Gasteiger charge is -2.08. The Morgan fingerprint density at radius 1 is 1.22 bits per heavy atom. The summed E-state index contributed by atoms with van der Waals surface area (Å²) in [6.45, 7) is 2.71. The number of rotatable bonds is 4. The molecule has 0 unspecified atom stereocenters. The minimum atomic E-state index is -1.12. The van der Waals surface area contributed by atoms with E-state index in [-0.39, 0.29) is 17.8 Å². The van der Waals surface area contributed by atoms with Crippen molar-refractivity contribution in [3.05, 3.63) is 41.0 Å². The second-order valence-corrected chi connectivity index (χ2v) is 3.87. The molecule has 0 saturated carbocycles. The summed E-state index contributed by atoms with van der Waals surface area (Å²) in [7, 11) is 0. The number of hydrogen-bond donors (Lipinski definition) is 3. The largest absolute Gasteiger partial charge is 0.478 e. The van der Waals surface area contributed by atoms with Crippen LogP contribution in [0.4, 0.5) is 5.69 Å². The zero-order valence-corrected chi connectivity index (χ0v) is 10.2. The molecule has 1 aromatic rings.